The van der Waals surface area contributed by atoms with Crippen molar-refractivity contribution in [3.8, 4) is 17.2 Å². The third-order valence-corrected chi connectivity index (χ3v) is 13.0. The second kappa shape index (κ2) is 19.4. The number of methoxy groups -OCH3 is 3. The SMILES string of the molecule is COc1ccc(CN2NN=C(c3c(I)ccc(S(=O)(=O)NCCCNC(=O)OC(C)(C)C)c3S(=O)(=O)N(Cc3ccc(OC)cc3)Cc3ccc(OC)cc3)N2)cc1. The van der Waals surface area contributed by atoms with Gasteiger partial charge in [-0.05, 0) is 115 Å². The van der Waals surface area contributed by atoms with Crippen LogP contribution in [0.1, 0.15) is 49.4 Å². The van der Waals surface area contributed by atoms with Crippen molar-refractivity contribution < 1.29 is 40.6 Å². The highest BCUT2D eigenvalue weighted by Crippen LogP contribution is 2.34. The topological polar surface area (TPSA) is 189 Å². The van der Waals surface area contributed by atoms with Crippen molar-refractivity contribution in [2.45, 2.75) is 62.2 Å². The van der Waals surface area contributed by atoms with Crippen LogP contribution in [0, 0.1) is 3.57 Å². The Kier molecular flexibility index (Phi) is 14.9. The first-order valence-corrected chi connectivity index (χ1v) is 22.1. The Morgan fingerprint density at radius 1 is 0.776 bits per heavy atom. The third kappa shape index (κ3) is 11.7. The van der Waals surface area contributed by atoms with Crippen molar-refractivity contribution in [2.24, 2.45) is 5.10 Å². The van der Waals surface area contributed by atoms with Crippen LogP contribution in [-0.2, 0) is 44.4 Å². The molecule has 1 heterocycles. The Bertz CT molecular complexity index is 2240. The lowest BCUT2D eigenvalue weighted by Gasteiger charge is -2.26. The predicted octanol–water partition coefficient (Wildman–Crippen LogP) is 5.09. The van der Waals surface area contributed by atoms with Crippen LogP contribution in [0.4, 0.5) is 4.79 Å². The van der Waals surface area contributed by atoms with E-state index in [0.717, 1.165) is 5.56 Å². The molecule has 0 saturated carbocycles. The lowest BCUT2D eigenvalue weighted by atomic mass is 10.2. The van der Waals surface area contributed by atoms with E-state index in [-0.39, 0.29) is 44.0 Å². The van der Waals surface area contributed by atoms with Gasteiger partial charge in [-0.15, -0.1) is 10.2 Å². The van der Waals surface area contributed by atoms with E-state index in [2.05, 4.69) is 26.1 Å². The first-order valence-electron chi connectivity index (χ1n) is 18.1. The van der Waals surface area contributed by atoms with Gasteiger partial charge >= 0.3 is 6.09 Å². The van der Waals surface area contributed by atoms with Gasteiger partial charge in [0.05, 0.1) is 33.4 Å². The average molecular weight is 950 g/mol. The number of nitrogens with zero attached hydrogens (tertiary/aromatic N) is 3. The van der Waals surface area contributed by atoms with Crippen LogP contribution in [0.5, 0.6) is 17.2 Å². The number of halogens is 1. The summed E-state index contributed by atoms with van der Waals surface area (Å²) >= 11 is 1.98. The maximum absolute atomic E-state index is 15.4. The molecule has 312 valence electrons. The van der Waals surface area contributed by atoms with E-state index in [1.807, 2.05) is 46.9 Å². The molecular weight excluding hydrogens is 902 g/mol. The number of benzene rings is 4. The minimum Gasteiger partial charge on any atom is -0.497 e. The number of hydrogen-bond acceptors (Lipinski definition) is 13. The van der Waals surface area contributed by atoms with Gasteiger partial charge in [0.2, 0.25) is 20.0 Å². The molecule has 1 amide bonds. The molecule has 58 heavy (non-hydrogen) atoms. The maximum Gasteiger partial charge on any atom is 0.407 e. The van der Waals surface area contributed by atoms with Crippen LogP contribution in [0.15, 0.2) is 99.8 Å². The number of sulfonamides is 2. The van der Waals surface area contributed by atoms with E-state index in [0.29, 0.717) is 38.5 Å². The zero-order chi connectivity index (χ0) is 42.1. The summed E-state index contributed by atoms with van der Waals surface area (Å²) in [4.78, 5) is 11.2. The zero-order valence-corrected chi connectivity index (χ0v) is 36.8. The third-order valence-electron chi connectivity index (χ3n) is 8.57. The number of alkyl carbamates (subject to hydrolysis) is 1. The van der Waals surface area contributed by atoms with Crippen LogP contribution in [0.3, 0.4) is 0 Å². The molecule has 4 N–H and O–H groups in total. The van der Waals surface area contributed by atoms with Crippen LogP contribution in [-0.4, -0.2) is 78.2 Å². The Balaban J connectivity index is 1.55. The van der Waals surface area contributed by atoms with Crippen molar-refractivity contribution in [2.75, 3.05) is 34.4 Å². The number of amides is 1. The largest absolute Gasteiger partial charge is 0.497 e. The van der Waals surface area contributed by atoms with Gasteiger partial charge in [0.1, 0.15) is 32.6 Å². The molecule has 19 heteroatoms. The summed E-state index contributed by atoms with van der Waals surface area (Å²) < 4.78 is 84.6. The van der Waals surface area contributed by atoms with Crippen molar-refractivity contribution >= 4 is 54.6 Å². The van der Waals surface area contributed by atoms with Gasteiger partial charge in [0, 0.05) is 29.7 Å². The van der Waals surface area contributed by atoms with Crippen molar-refractivity contribution in [3.05, 3.63) is 111 Å². The number of nitrogens with one attached hydrogen (secondary N) is 4. The van der Waals surface area contributed by atoms with E-state index in [9.17, 15) is 13.2 Å². The Morgan fingerprint density at radius 3 is 1.79 bits per heavy atom. The van der Waals surface area contributed by atoms with Crippen LogP contribution in [0.2, 0.25) is 0 Å². The first kappa shape index (κ1) is 44.4. The van der Waals surface area contributed by atoms with E-state index in [4.69, 9.17) is 18.9 Å². The summed E-state index contributed by atoms with van der Waals surface area (Å²) in [5.41, 5.74) is 7.50. The number of hydrazone groups is 1. The van der Waals surface area contributed by atoms with Crippen molar-refractivity contribution in [3.63, 3.8) is 0 Å². The maximum atomic E-state index is 15.4. The van der Waals surface area contributed by atoms with Gasteiger partial charge < -0.3 is 24.3 Å². The standard InChI is InChI=1S/C39H48IN7O9S2/c1-39(2,3)56-38(48)41-22-7-23-42-57(49,50)34-21-20-33(40)35(37-43-45-47(44-37)26-29-12-18-32(55-6)19-13-29)36(34)58(51,52)46(24-27-8-14-30(53-4)15-9-27)25-28-10-16-31(54-5)17-11-28/h8-21,42,45H,7,22-26H2,1-6H3,(H,41,48)(H,43,44). The minimum atomic E-state index is -4.69. The number of hydrazine groups is 2. The molecule has 0 saturated heterocycles. The van der Waals surface area contributed by atoms with Crippen LogP contribution in [0.25, 0.3) is 0 Å². The number of hydrogen-bond donors (Lipinski definition) is 4. The Morgan fingerprint density at radius 2 is 1.29 bits per heavy atom. The molecule has 0 fully saturated rings. The van der Waals surface area contributed by atoms with Crippen LogP contribution < -0.4 is 35.2 Å². The summed E-state index contributed by atoms with van der Waals surface area (Å²) in [6.45, 7) is 5.26. The zero-order valence-electron chi connectivity index (χ0n) is 33.0. The molecule has 0 spiro atoms. The second-order valence-electron chi connectivity index (χ2n) is 14.0. The van der Waals surface area contributed by atoms with Crippen LogP contribution >= 0.6 is 22.6 Å². The summed E-state index contributed by atoms with van der Waals surface area (Å²) in [5, 5.41) is 8.59. The van der Waals surface area contributed by atoms with Gasteiger partial charge in [0.25, 0.3) is 0 Å². The predicted molar refractivity (Wildman–Crippen MR) is 227 cm³/mol. The normalized spacial score (nSPS) is 13.3. The van der Waals surface area contributed by atoms with Gasteiger partial charge in [0.15, 0.2) is 5.84 Å². The number of carbonyl (C=O) groups excluding carboxylic acids is 1. The highest BCUT2D eigenvalue weighted by atomic mass is 127. The molecular formula is C39H48IN7O9S2. The number of rotatable bonds is 18. The molecule has 0 aromatic heterocycles. The van der Waals surface area contributed by atoms with E-state index in [1.165, 1.54) is 30.7 Å². The minimum absolute atomic E-state index is 0.0502. The molecule has 1 aliphatic heterocycles. The molecule has 0 aliphatic carbocycles. The number of ether oxygens (including phenoxy) is 4. The smallest absolute Gasteiger partial charge is 0.407 e. The summed E-state index contributed by atoms with van der Waals surface area (Å²) in [7, 11) is -4.54. The first-order chi connectivity index (χ1) is 27.5. The van der Waals surface area contributed by atoms with Gasteiger partial charge in [-0.2, -0.15) is 4.31 Å². The molecule has 16 nitrogen and oxygen atoms in total. The lowest BCUT2D eigenvalue weighted by molar-refractivity contribution is 0.0527. The summed E-state index contributed by atoms with van der Waals surface area (Å²) in [5.74, 6) is 1.95. The quantitative estimate of drug-likeness (QED) is 0.0766. The molecule has 0 bridgehead atoms. The van der Waals surface area contributed by atoms with Crippen molar-refractivity contribution in [1.29, 1.82) is 0 Å². The lowest BCUT2D eigenvalue weighted by Crippen LogP contribution is -2.42. The van der Waals surface area contributed by atoms with Gasteiger partial charge in [-0.3, -0.25) is 5.43 Å². The molecule has 0 radical (unpaired) electrons. The molecule has 0 unspecified atom stereocenters. The molecule has 0 atom stereocenters. The van der Waals surface area contributed by atoms with Crippen molar-refractivity contribution in [1.82, 2.24) is 30.4 Å². The van der Waals surface area contributed by atoms with Gasteiger partial charge in [-0.25, -0.2) is 31.9 Å². The summed E-state index contributed by atoms with van der Waals surface area (Å²) in [6, 6.07) is 24.1. The number of amidine groups is 1. The summed E-state index contributed by atoms with van der Waals surface area (Å²) in [6.07, 6.45) is -0.448. The second-order valence-corrected chi connectivity index (χ2v) is 18.8. The van der Waals surface area contributed by atoms with Gasteiger partial charge in [-0.1, -0.05) is 36.4 Å². The average Bonchev–Trinajstić information content (AvgIpc) is 3.65. The highest BCUT2D eigenvalue weighted by molar-refractivity contribution is 14.1. The fraction of sp³-hybridized carbons (Fsp3) is 0.333. The van der Waals surface area contributed by atoms with E-state index in [1.54, 1.807) is 81.5 Å². The Labute approximate surface area is 353 Å². The van der Waals surface area contributed by atoms with E-state index < -0.39 is 41.5 Å². The Hall–Kier alpha value is -4.67. The highest BCUT2D eigenvalue weighted by Gasteiger charge is 2.38. The fourth-order valence-electron chi connectivity index (χ4n) is 5.72. The van der Waals surface area contributed by atoms with E-state index >= 15 is 8.42 Å². The fourth-order valence-corrected chi connectivity index (χ4v) is 10.1. The number of carbonyl (C=O) groups is 1. The molecule has 1 aliphatic rings. The molecule has 4 aromatic carbocycles. The monoisotopic (exact) mass is 949 g/mol. The molecule has 5 rings (SSSR count). The molecule has 4 aromatic rings.